The molecule has 2 rings (SSSR count). The third-order valence-electron chi connectivity index (χ3n) is 4.78. The molecule has 9 atom stereocenters. The zero-order valence-corrected chi connectivity index (χ0v) is 19.6. The van der Waals surface area contributed by atoms with Gasteiger partial charge in [0.1, 0.15) is 30.0 Å². The summed E-state index contributed by atoms with van der Waals surface area (Å²) in [6, 6.07) is -1.66. The summed E-state index contributed by atoms with van der Waals surface area (Å²) >= 11 is 0. The van der Waals surface area contributed by atoms with Gasteiger partial charge in [-0.2, -0.15) is 0 Å². The van der Waals surface area contributed by atoms with Crippen LogP contribution in [0.4, 0.5) is 0 Å². The second-order valence-corrected chi connectivity index (χ2v) is 10.3. The van der Waals surface area contributed by atoms with Gasteiger partial charge in [-0.3, -0.25) is 0 Å². The van der Waals surface area contributed by atoms with Gasteiger partial charge in [-0.25, -0.2) is 0 Å². The zero-order valence-electron chi connectivity index (χ0n) is 19.6. The molecule has 9 N–H and O–H groups in total. The Kier molecular flexibility index (Phi) is 9.83. The fraction of sp³-hybridized carbons (Fsp3) is 1.00. The summed E-state index contributed by atoms with van der Waals surface area (Å²) in [5.74, 6) is 0. The van der Waals surface area contributed by atoms with Crippen LogP contribution in [0.25, 0.3) is 0 Å². The van der Waals surface area contributed by atoms with Crippen molar-refractivity contribution in [1.29, 1.82) is 0 Å². The first kappa shape index (κ1) is 28.6. The van der Waals surface area contributed by atoms with Gasteiger partial charge in [-0.1, -0.05) is 0 Å². The maximum Gasteiger partial charge on any atom is 0.186 e. The van der Waals surface area contributed by atoms with E-state index in [9.17, 15) is 20.4 Å². The molecule has 2 aliphatic rings. The summed E-state index contributed by atoms with van der Waals surface area (Å²) in [4.78, 5) is 0. The van der Waals surface area contributed by atoms with Gasteiger partial charge in [0.25, 0.3) is 0 Å². The van der Waals surface area contributed by atoms with Crippen LogP contribution in [0.1, 0.15) is 48.5 Å². The van der Waals surface area contributed by atoms with Crippen molar-refractivity contribution in [3.63, 3.8) is 0 Å². The van der Waals surface area contributed by atoms with Crippen LogP contribution in [0, 0.1) is 0 Å². The normalized spacial score (nSPS) is 42.0. The first-order valence-corrected chi connectivity index (χ1v) is 10.4. The van der Waals surface area contributed by atoms with Gasteiger partial charge >= 0.3 is 0 Å². The number of rotatable bonds is 3. The molecule has 0 aromatic rings. The summed E-state index contributed by atoms with van der Waals surface area (Å²) in [5.41, 5.74) is 9.19. The van der Waals surface area contributed by atoms with Crippen LogP contribution in [-0.2, 0) is 18.9 Å². The highest BCUT2D eigenvalue weighted by molar-refractivity contribution is 4.96. The van der Waals surface area contributed by atoms with E-state index in [1.807, 2.05) is 41.5 Å². The summed E-state index contributed by atoms with van der Waals surface area (Å²) in [7, 11) is 0. The minimum atomic E-state index is -1.21. The van der Waals surface area contributed by atoms with Crippen LogP contribution >= 0.6 is 0 Å². The minimum Gasteiger partial charge on any atom is -0.394 e. The van der Waals surface area contributed by atoms with E-state index in [0.717, 1.165) is 0 Å². The van der Waals surface area contributed by atoms with Crippen LogP contribution in [0.5, 0.6) is 0 Å². The molecule has 11 nitrogen and oxygen atoms in total. The van der Waals surface area contributed by atoms with E-state index < -0.39 is 65.9 Å². The van der Waals surface area contributed by atoms with E-state index in [-0.39, 0.29) is 13.2 Å². The molecule has 0 amide bonds. The van der Waals surface area contributed by atoms with Crippen molar-refractivity contribution in [3.8, 4) is 0 Å². The van der Waals surface area contributed by atoms with Crippen LogP contribution in [0.2, 0.25) is 0 Å². The molecule has 0 aromatic heterocycles. The van der Waals surface area contributed by atoms with Crippen molar-refractivity contribution in [1.82, 2.24) is 0 Å². The molecule has 0 aromatic carbocycles. The fourth-order valence-corrected chi connectivity index (χ4v) is 3.00. The lowest BCUT2D eigenvalue weighted by atomic mass is 9.90. The molecule has 0 saturated carbocycles. The Balaban J connectivity index is 0.000000311. The second-order valence-electron chi connectivity index (χ2n) is 10.3. The quantitative estimate of drug-likeness (QED) is 0.254. The third kappa shape index (κ3) is 8.45. The zero-order chi connectivity index (χ0) is 24.4. The van der Waals surface area contributed by atoms with Gasteiger partial charge in [0.15, 0.2) is 12.6 Å². The molecule has 9 unspecified atom stereocenters. The largest absolute Gasteiger partial charge is 0.394 e. The van der Waals surface area contributed by atoms with E-state index in [2.05, 4.69) is 0 Å². The average Bonchev–Trinajstić information content (AvgIpc) is 2.62. The van der Waals surface area contributed by atoms with E-state index in [1.165, 1.54) is 6.92 Å². The number of aliphatic hydroxyl groups excluding tert-OH is 4. The van der Waals surface area contributed by atoms with E-state index in [4.69, 9.17) is 35.5 Å². The molecule has 0 radical (unpaired) electrons. The summed E-state index contributed by atoms with van der Waals surface area (Å²) < 4.78 is 21.5. The van der Waals surface area contributed by atoms with E-state index in [0.29, 0.717) is 0 Å². The summed E-state index contributed by atoms with van der Waals surface area (Å²) in [6.45, 7) is 12.3. The van der Waals surface area contributed by atoms with Gasteiger partial charge < -0.3 is 55.9 Å². The Labute approximate surface area is 184 Å². The van der Waals surface area contributed by atoms with Crippen molar-refractivity contribution in [2.45, 2.75) is 114 Å². The van der Waals surface area contributed by atoms with Crippen LogP contribution in [0.15, 0.2) is 0 Å². The van der Waals surface area contributed by atoms with Crippen molar-refractivity contribution >= 4 is 0 Å². The maximum atomic E-state index is 9.80. The van der Waals surface area contributed by atoms with Crippen molar-refractivity contribution in [2.75, 3.05) is 13.2 Å². The molecular formula is C20H42N2O9. The molecule has 2 fully saturated rings. The lowest BCUT2D eigenvalue weighted by Crippen LogP contribution is -2.64. The maximum absolute atomic E-state index is 9.80. The SMILES string of the molecule is CC(C)(C)OC1OC(CO)C(O)C(N)C1O.CC(C)(C)OC1OCC(C)(O)C(N)C1O. The molecule has 2 aliphatic heterocycles. The highest BCUT2D eigenvalue weighted by Crippen LogP contribution is 2.26. The van der Waals surface area contributed by atoms with Crippen molar-refractivity contribution in [2.24, 2.45) is 11.5 Å². The summed E-state index contributed by atoms with van der Waals surface area (Å²) in [6.07, 6.45) is -5.77. The second kappa shape index (κ2) is 10.7. The van der Waals surface area contributed by atoms with Gasteiger partial charge in [0.05, 0.1) is 36.5 Å². The Bertz CT molecular complexity index is 548. The standard InChI is InChI=1S/C10H21NO5.C10H21NO4/c1-10(2,3)16-9-8(14)6(11)7(13)5(4-12)15-9;1-9(2,3)15-8-6(12)7(11)10(4,13)5-14-8/h5-9,12-14H,4,11H2,1-3H3;6-8,12-13H,5,11H2,1-4H3. The molecule has 186 valence electrons. The number of aliphatic hydroxyl groups is 5. The molecule has 31 heavy (non-hydrogen) atoms. The number of nitrogens with two attached hydrogens (primary N) is 2. The smallest absolute Gasteiger partial charge is 0.186 e. The number of hydrogen-bond acceptors (Lipinski definition) is 11. The molecule has 0 spiro atoms. The molecule has 2 heterocycles. The van der Waals surface area contributed by atoms with E-state index >= 15 is 0 Å². The molecule has 0 aliphatic carbocycles. The molecular weight excluding hydrogens is 412 g/mol. The molecule has 0 bridgehead atoms. The van der Waals surface area contributed by atoms with Gasteiger partial charge in [0, 0.05) is 0 Å². The minimum absolute atomic E-state index is 0.0615. The molecule has 2 saturated heterocycles. The van der Waals surface area contributed by atoms with Crippen molar-refractivity contribution in [3.05, 3.63) is 0 Å². The number of hydrogen-bond donors (Lipinski definition) is 7. The van der Waals surface area contributed by atoms with Gasteiger partial charge in [-0.15, -0.1) is 0 Å². The Morgan fingerprint density at radius 3 is 1.84 bits per heavy atom. The monoisotopic (exact) mass is 454 g/mol. The predicted molar refractivity (Wildman–Crippen MR) is 112 cm³/mol. The fourth-order valence-electron chi connectivity index (χ4n) is 3.00. The lowest BCUT2D eigenvalue weighted by Gasteiger charge is -2.43. The Hall–Kier alpha value is -0.440. The highest BCUT2D eigenvalue weighted by atomic mass is 16.7. The average molecular weight is 455 g/mol. The van der Waals surface area contributed by atoms with Crippen LogP contribution < -0.4 is 11.5 Å². The lowest BCUT2D eigenvalue weighted by molar-refractivity contribution is -0.300. The van der Waals surface area contributed by atoms with Crippen molar-refractivity contribution < 1.29 is 44.5 Å². The first-order valence-electron chi connectivity index (χ1n) is 10.4. The summed E-state index contributed by atoms with van der Waals surface area (Å²) in [5, 5.41) is 47.9. The third-order valence-corrected chi connectivity index (χ3v) is 4.78. The highest BCUT2D eigenvalue weighted by Gasteiger charge is 2.46. The van der Waals surface area contributed by atoms with Gasteiger partial charge in [-0.05, 0) is 48.5 Å². The predicted octanol–water partition coefficient (Wildman–Crippen LogP) is -1.84. The Morgan fingerprint density at radius 1 is 0.903 bits per heavy atom. The first-order chi connectivity index (χ1) is 13.9. The van der Waals surface area contributed by atoms with E-state index in [1.54, 1.807) is 0 Å². The van der Waals surface area contributed by atoms with Crippen LogP contribution in [-0.4, -0.2) is 105 Å². The van der Waals surface area contributed by atoms with Gasteiger partial charge in [0.2, 0.25) is 0 Å². The number of ether oxygens (including phenoxy) is 4. The van der Waals surface area contributed by atoms with Crippen LogP contribution in [0.3, 0.4) is 0 Å². The molecule has 11 heteroatoms. The Morgan fingerprint density at radius 2 is 1.39 bits per heavy atom. The topological polar surface area (TPSA) is 190 Å².